The molecule has 3 rings (SSSR count). The van der Waals surface area contributed by atoms with Crippen molar-refractivity contribution in [3.8, 4) is 5.75 Å². The fourth-order valence-corrected chi connectivity index (χ4v) is 4.64. The number of nitro groups is 1. The first kappa shape index (κ1) is 32.1. The lowest BCUT2D eigenvalue weighted by molar-refractivity contribution is -0.402. The van der Waals surface area contributed by atoms with Crippen molar-refractivity contribution in [2.45, 2.75) is 12.6 Å². The predicted octanol–water partition coefficient (Wildman–Crippen LogP) is 2.08. The molecule has 0 aliphatic carbocycles. The first-order chi connectivity index (χ1) is 19.6. The largest absolute Gasteiger partial charge is 0.508 e. The highest BCUT2D eigenvalue weighted by molar-refractivity contribution is 7.90. The van der Waals surface area contributed by atoms with Gasteiger partial charge in [0.15, 0.2) is 19.7 Å². The van der Waals surface area contributed by atoms with E-state index in [1.807, 2.05) is 0 Å². The molecule has 0 fully saturated rings. The molecule has 1 N–H and O–H groups in total. The number of ether oxygens (including phenoxy) is 2. The minimum Gasteiger partial charge on any atom is -0.508 e. The Kier molecular flexibility index (Phi) is 9.95. The van der Waals surface area contributed by atoms with Gasteiger partial charge in [-0.3, -0.25) is 10.1 Å². The number of fused-ring (bicyclic) bond motifs is 1. The summed E-state index contributed by atoms with van der Waals surface area (Å²) in [5.74, 6) is -3.76. The smallest absolute Gasteiger partial charge is 0.433 e. The lowest BCUT2D eigenvalue weighted by Gasteiger charge is -2.31. The fraction of sp³-hybridized carbons (Fsp3) is 0.308. The van der Waals surface area contributed by atoms with Gasteiger partial charge in [-0.15, -0.1) is 6.58 Å². The summed E-state index contributed by atoms with van der Waals surface area (Å²) < 4.78 is 61.9. The molecule has 1 aliphatic heterocycles. The first-order valence-corrected chi connectivity index (χ1v) is 16.3. The Morgan fingerprint density at radius 3 is 2.17 bits per heavy atom. The molecule has 0 saturated carbocycles. The molecule has 0 spiro atoms. The van der Waals surface area contributed by atoms with Crippen molar-refractivity contribution in [2.75, 3.05) is 37.2 Å². The number of hydrogen-bond donors (Lipinski definition) is 1. The maximum atomic E-state index is 13.3. The number of phenolic OH excluding ortho intramolecular Hbond substituents is 1. The zero-order chi connectivity index (χ0) is 31.2. The van der Waals surface area contributed by atoms with Crippen molar-refractivity contribution in [1.82, 2.24) is 4.90 Å². The molecular weight excluding hydrogens is 596 g/mol. The van der Waals surface area contributed by atoms with Crippen LogP contribution in [0.15, 0.2) is 64.8 Å². The molecule has 42 heavy (non-hydrogen) atoms. The summed E-state index contributed by atoms with van der Waals surface area (Å²) >= 11 is 0. The number of rotatable bonds is 12. The summed E-state index contributed by atoms with van der Waals surface area (Å²) in [6, 6.07) is 5.86. The molecule has 1 aromatic heterocycles. The highest BCUT2D eigenvalue weighted by atomic mass is 32.2. The van der Waals surface area contributed by atoms with Gasteiger partial charge in [-0.05, 0) is 35.4 Å². The molecule has 2 aromatic rings. The van der Waals surface area contributed by atoms with Crippen LogP contribution in [-0.2, 0) is 45.3 Å². The lowest BCUT2D eigenvalue weighted by atomic mass is 9.92. The molecule has 0 saturated heterocycles. The number of sulfone groups is 2. The van der Waals surface area contributed by atoms with Crippen LogP contribution in [0.5, 0.6) is 5.75 Å². The topological polar surface area (TPSA) is 201 Å². The third-order valence-electron chi connectivity index (χ3n) is 5.83. The zero-order valence-corrected chi connectivity index (χ0v) is 24.2. The molecule has 16 heteroatoms. The quantitative estimate of drug-likeness (QED) is 0.156. The van der Waals surface area contributed by atoms with Crippen molar-refractivity contribution >= 4 is 43.6 Å². The second kappa shape index (κ2) is 13.0. The molecule has 226 valence electrons. The van der Waals surface area contributed by atoms with Gasteiger partial charge in [-0.2, -0.15) is 0 Å². The van der Waals surface area contributed by atoms with E-state index in [0.29, 0.717) is 11.1 Å². The third kappa shape index (κ3) is 8.78. The Morgan fingerprint density at radius 2 is 1.64 bits per heavy atom. The molecule has 1 aliphatic rings. The number of esters is 2. The van der Waals surface area contributed by atoms with Crippen molar-refractivity contribution in [3.63, 3.8) is 0 Å². The summed E-state index contributed by atoms with van der Waals surface area (Å²) in [6.45, 7) is 2.57. The summed E-state index contributed by atoms with van der Waals surface area (Å²) in [5, 5.41) is 21.4. The second-order valence-corrected chi connectivity index (χ2v) is 13.8. The molecule has 14 nitrogen and oxygen atoms in total. The van der Waals surface area contributed by atoms with Crippen LogP contribution < -0.4 is 0 Å². The molecule has 0 amide bonds. The van der Waals surface area contributed by atoms with Gasteiger partial charge in [-0.25, -0.2) is 26.4 Å². The van der Waals surface area contributed by atoms with Crippen molar-refractivity contribution in [1.29, 1.82) is 0 Å². The third-order valence-corrected chi connectivity index (χ3v) is 7.65. The minimum atomic E-state index is -3.51. The molecule has 1 atom stereocenters. The number of phenols is 1. The van der Waals surface area contributed by atoms with Crippen LogP contribution in [0.2, 0.25) is 0 Å². The number of hydrogen-bond acceptors (Lipinski definition) is 13. The van der Waals surface area contributed by atoms with Crippen LogP contribution in [-0.4, -0.2) is 80.9 Å². The average Bonchev–Trinajstić information content (AvgIpc) is 3.33. The lowest BCUT2D eigenvalue weighted by Crippen LogP contribution is -2.28. The summed E-state index contributed by atoms with van der Waals surface area (Å²) in [4.78, 5) is 38.4. The van der Waals surface area contributed by atoms with Crippen molar-refractivity contribution in [2.24, 2.45) is 0 Å². The van der Waals surface area contributed by atoms with Crippen LogP contribution in [0.4, 0.5) is 5.88 Å². The van der Waals surface area contributed by atoms with E-state index in [0.717, 1.165) is 18.6 Å². The number of furan rings is 1. The van der Waals surface area contributed by atoms with Gasteiger partial charge in [0.25, 0.3) is 0 Å². The maximum Gasteiger partial charge on any atom is 0.433 e. The molecular formula is C26H28N2O12S2. The Bertz CT molecular complexity index is 1670. The van der Waals surface area contributed by atoms with Crippen LogP contribution in [0.25, 0.3) is 6.08 Å². The van der Waals surface area contributed by atoms with Gasteiger partial charge in [0.2, 0.25) is 0 Å². The van der Waals surface area contributed by atoms with Gasteiger partial charge in [-0.1, -0.05) is 12.1 Å². The van der Waals surface area contributed by atoms with Gasteiger partial charge in [0.05, 0.1) is 41.3 Å². The first-order valence-electron chi connectivity index (χ1n) is 12.2. The highest BCUT2D eigenvalue weighted by Crippen LogP contribution is 2.36. The SMILES string of the molecule is C=CC1c2cc(O)ccc2C=C(C(=O)OCCS(C)(=O)=O)C(C(=O)OCCS(C)(=O)=O)=CN1Cc1ccc([N+](=O)[O-])o1. The highest BCUT2D eigenvalue weighted by Gasteiger charge is 2.31. The number of benzene rings is 1. The number of carbonyl (C=O) groups excluding carboxylic acids is 2. The van der Waals surface area contributed by atoms with Gasteiger partial charge in [0, 0.05) is 18.7 Å². The van der Waals surface area contributed by atoms with Crippen LogP contribution in [0.3, 0.4) is 0 Å². The van der Waals surface area contributed by atoms with E-state index in [2.05, 4.69) is 6.58 Å². The average molecular weight is 625 g/mol. The van der Waals surface area contributed by atoms with Gasteiger partial charge >= 0.3 is 17.8 Å². The van der Waals surface area contributed by atoms with Crippen LogP contribution in [0, 0.1) is 10.1 Å². The summed E-state index contributed by atoms with van der Waals surface area (Å²) in [6.07, 6.45) is 5.84. The minimum absolute atomic E-state index is 0.0955. The zero-order valence-electron chi connectivity index (χ0n) is 22.6. The Hall–Kier alpha value is -4.44. The van der Waals surface area contributed by atoms with E-state index in [1.54, 1.807) is 0 Å². The molecule has 1 unspecified atom stereocenters. The Balaban J connectivity index is 2.17. The van der Waals surface area contributed by atoms with Crippen LogP contribution >= 0.6 is 0 Å². The predicted molar refractivity (Wildman–Crippen MR) is 149 cm³/mol. The molecule has 2 heterocycles. The van der Waals surface area contributed by atoms with E-state index in [4.69, 9.17) is 13.9 Å². The maximum absolute atomic E-state index is 13.3. The number of carbonyl (C=O) groups is 2. The van der Waals surface area contributed by atoms with E-state index < -0.39 is 73.2 Å². The molecule has 1 aromatic carbocycles. The standard InChI is InChI=1S/C26H28N2O12S2/c1-4-23-20-14-18(29)6-5-17(20)13-21(25(30)38-9-11-41(2,34)35)22(26(31)39-10-12-42(3,36)37)16-27(23)15-19-7-8-24(40-19)28(32)33/h4-8,13-14,16,23,29H,1,9-12,15H2,2-3H3. The summed E-state index contributed by atoms with van der Waals surface area (Å²) in [5.41, 5.74) is -0.0109. The van der Waals surface area contributed by atoms with Crippen molar-refractivity contribution in [3.05, 3.63) is 87.3 Å². The Labute approximate surface area is 241 Å². The van der Waals surface area contributed by atoms with E-state index in [1.165, 1.54) is 47.5 Å². The fourth-order valence-electron chi connectivity index (χ4n) is 3.87. The molecule has 0 bridgehead atoms. The van der Waals surface area contributed by atoms with Crippen LogP contribution in [0.1, 0.15) is 22.9 Å². The normalized spacial score (nSPS) is 15.4. The molecule has 0 radical (unpaired) electrons. The van der Waals surface area contributed by atoms with Crippen molar-refractivity contribution < 1.29 is 50.3 Å². The van der Waals surface area contributed by atoms with E-state index >= 15 is 0 Å². The monoisotopic (exact) mass is 624 g/mol. The number of nitrogens with zero attached hydrogens (tertiary/aromatic N) is 2. The summed E-state index contributed by atoms with van der Waals surface area (Å²) in [7, 11) is -7.00. The second-order valence-electron chi connectivity index (χ2n) is 9.30. The Morgan fingerprint density at radius 1 is 1.05 bits per heavy atom. The van der Waals surface area contributed by atoms with E-state index in [9.17, 15) is 41.6 Å². The van der Waals surface area contributed by atoms with Gasteiger partial charge < -0.3 is 23.9 Å². The number of aromatic hydroxyl groups is 1. The van der Waals surface area contributed by atoms with E-state index in [-0.39, 0.29) is 29.2 Å². The van der Waals surface area contributed by atoms with Gasteiger partial charge in [0.1, 0.15) is 29.6 Å².